The lowest BCUT2D eigenvalue weighted by atomic mass is 10.1. The maximum Gasteiger partial charge on any atom is 0.433 e. The van der Waals surface area contributed by atoms with Crippen LogP contribution in [-0.2, 0) is 19.8 Å². The number of alkyl halides is 3. The number of hydrogen-bond acceptors (Lipinski definition) is 5. The Morgan fingerprint density at radius 3 is 2.67 bits per heavy atom. The Hall–Kier alpha value is -3.43. The topological polar surface area (TPSA) is 72.9 Å². The van der Waals surface area contributed by atoms with E-state index in [4.69, 9.17) is 0 Å². The van der Waals surface area contributed by atoms with Crippen LogP contribution in [0.1, 0.15) is 11.3 Å². The van der Waals surface area contributed by atoms with Gasteiger partial charge in [0, 0.05) is 37.0 Å². The van der Waals surface area contributed by atoms with E-state index in [2.05, 4.69) is 25.5 Å². The Morgan fingerprint density at radius 2 is 1.93 bits per heavy atom. The average molecular weight is 373 g/mol. The van der Waals surface area contributed by atoms with E-state index >= 15 is 0 Å². The third kappa shape index (κ3) is 3.33. The summed E-state index contributed by atoms with van der Waals surface area (Å²) in [4.78, 5) is 7.26. The van der Waals surface area contributed by atoms with Crippen molar-refractivity contribution in [3.63, 3.8) is 0 Å². The van der Waals surface area contributed by atoms with Crippen LogP contribution in [0.5, 0.6) is 0 Å². The minimum absolute atomic E-state index is 0.123. The highest BCUT2D eigenvalue weighted by atomic mass is 19.4. The van der Waals surface area contributed by atoms with E-state index in [1.165, 1.54) is 4.52 Å². The van der Waals surface area contributed by atoms with Gasteiger partial charge >= 0.3 is 6.18 Å². The molecule has 27 heavy (non-hydrogen) atoms. The van der Waals surface area contributed by atoms with Gasteiger partial charge in [0.2, 0.25) is 0 Å². The van der Waals surface area contributed by atoms with Crippen molar-refractivity contribution in [1.82, 2.24) is 29.4 Å². The molecule has 4 rings (SSSR count). The van der Waals surface area contributed by atoms with Crippen LogP contribution >= 0.6 is 0 Å². The SMILES string of the molecule is Cn1cc(CNc2cc(C(F)(F)F)nc3ncnn23)c(-c2ccccc2)n1. The number of rotatable bonds is 4. The number of nitrogens with zero attached hydrogens (tertiary/aromatic N) is 6. The van der Waals surface area contributed by atoms with E-state index in [1.54, 1.807) is 11.7 Å². The van der Waals surface area contributed by atoms with Crippen molar-refractivity contribution >= 4 is 11.6 Å². The molecule has 0 aliphatic heterocycles. The Labute approximate surface area is 151 Å². The molecule has 0 amide bonds. The number of anilines is 1. The van der Waals surface area contributed by atoms with Gasteiger partial charge in [0.25, 0.3) is 5.78 Å². The fourth-order valence-corrected chi connectivity index (χ4v) is 2.78. The molecular weight excluding hydrogens is 359 g/mol. The van der Waals surface area contributed by atoms with Crippen LogP contribution in [0, 0.1) is 0 Å². The molecule has 3 heterocycles. The average Bonchev–Trinajstić information content (AvgIpc) is 3.25. The van der Waals surface area contributed by atoms with Crippen molar-refractivity contribution in [1.29, 1.82) is 0 Å². The summed E-state index contributed by atoms with van der Waals surface area (Å²) in [5.41, 5.74) is 1.49. The Balaban J connectivity index is 1.68. The van der Waals surface area contributed by atoms with E-state index in [-0.39, 0.29) is 18.1 Å². The van der Waals surface area contributed by atoms with Gasteiger partial charge in [0.15, 0.2) is 5.69 Å². The Bertz CT molecular complexity index is 1080. The monoisotopic (exact) mass is 373 g/mol. The number of nitrogens with one attached hydrogen (secondary N) is 1. The third-order valence-corrected chi connectivity index (χ3v) is 3.95. The molecule has 0 aliphatic carbocycles. The number of benzene rings is 1. The predicted molar refractivity (Wildman–Crippen MR) is 91.8 cm³/mol. The van der Waals surface area contributed by atoms with Crippen molar-refractivity contribution in [2.75, 3.05) is 5.32 Å². The molecule has 1 N–H and O–H groups in total. The first-order chi connectivity index (χ1) is 12.9. The second kappa shape index (κ2) is 6.38. The third-order valence-electron chi connectivity index (χ3n) is 3.95. The standard InChI is InChI=1S/C17H14F3N7/c1-26-9-12(15(25-26)11-5-3-2-4-6-11)8-21-14-7-13(17(18,19)20)24-16-22-10-23-27(14)16/h2-7,9-10,21H,8H2,1H3. The molecule has 0 spiro atoms. The van der Waals surface area contributed by atoms with Gasteiger partial charge in [-0.15, -0.1) is 0 Å². The molecule has 7 nitrogen and oxygen atoms in total. The van der Waals surface area contributed by atoms with Gasteiger partial charge in [-0.2, -0.15) is 32.9 Å². The molecule has 0 radical (unpaired) electrons. The fourth-order valence-electron chi connectivity index (χ4n) is 2.78. The number of aryl methyl sites for hydroxylation is 1. The lowest BCUT2D eigenvalue weighted by Gasteiger charge is -2.11. The predicted octanol–water partition coefficient (Wildman–Crippen LogP) is 3.16. The van der Waals surface area contributed by atoms with Crippen molar-refractivity contribution in [2.45, 2.75) is 12.7 Å². The lowest BCUT2D eigenvalue weighted by Crippen LogP contribution is -2.13. The van der Waals surface area contributed by atoms with Crippen molar-refractivity contribution in [3.8, 4) is 11.3 Å². The normalized spacial score (nSPS) is 11.9. The molecule has 138 valence electrons. The van der Waals surface area contributed by atoms with Crippen LogP contribution in [0.15, 0.2) is 48.9 Å². The van der Waals surface area contributed by atoms with Crippen molar-refractivity contribution < 1.29 is 13.2 Å². The van der Waals surface area contributed by atoms with Crippen LogP contribution in [0.3, 0.4) is 0 Å². The van der Waals surface area contributed by atoms with Gasteiger partial charge in [0.1, 0.15) is 12.1 Å². The first-order valence-electron chi connectivity index (χ1n) is 8.01. The van der Waals surface area contributed by atoms with Gasteiger partial charge in [-0.25, -0.2) is 4.98 Å². The zero-order chi connectivity index (χ0) is 19.0. The number of fused-ring (bicyclic) bond motifs is 1. The zero-order valence-corrected chi connectivity index (χ0v) is 14.1. The summed E-state index contributed by atoms with van der Waals surface area (Å²) < 4.78 is 42.2. The van der Waals surface area contributed by atoms with Gasteiger partial charge < -0.3 is 5.32 Å². The fraction of sp³-hybridized carbons (Fsp3) is 0.176. The summed E-state index contributed by atoms with van der Waals surface area (Å²) in [7, 11) is 1.79. The summed E-state index contributed by atoms with van der Waals surface area (Å²) in [5.74, 6) is 0.0227. The number of halogens is 3. The molecule has 0 saturated heterocycles. The molecule has 0 fully saturated rings. The minimum atomic E-state index is -4.58. The van der Waals surface area contributed by atoms with E-state index < -0.39 is 11.9 Å². The quantitative estimate of drug-likeness (QED) is 0.595. The zero-order valence-electron chi connectivity index (χ0n) is 14.1. The van der Waals surface area contributed by atoms with Gasteiger partial charge in [-0.1, -0.05) is 30.3 Å². The molecular formula is C17H14F3N7. The number of hydrogen-bond donors (Lipinski definition) is 1. The van der Waals surface area contributed by atoms with Crippen LogP contribution < -0.4 is 5.32 Å². The molecule has 0 bridgehead atoms. The van der Waals surface area contributed by atoms with Crippen LogP contribution in [0.2, 0.25) is 0 Å². The summed E-state index contributed by atoms with van der Waals surface area (Å²) in [6.07, 6.45) is -1.60. The molecule has 0 saturated carbocycles. The highest BCUT2D eigenvalue weighted by Gasteiger charge is 2.34. The molecule has 0 atom stereocenters. The number of aromatic nitrogens is 6. The second-order valence-electron chi connectivity index (χ2n) is 5.89. The molecule has 1 aromatic carbocycles. The molecule has 0 aliphatic rings. The van der Waals surface area contributed by atoms with Crippen LogP contribution in [-0.4, -0.2) is 29.4 Å². The molecule has 3 aromatic heterocycles. The van der Waals surface area contributed by atoms with E-state index in [0.29, 0.717) is 0 Å². The minimum Gasteiger partial charge on any atom is -0.366 e. The summed E-state index contributed by atoms with van der Waals surface area (Å²) in [5, 5.41) is 11.4. The highest BCUT2D eigenvalue weighted by molar-refractivity contribution is 5.63. The second-order valence-corrected chi connectivity index (χ2v) is 5.89. The van der Waals surface area contributed by atoms with E-state index in [1.807, 2.05) is 36.5 Å². The van der Waals surface area contributed by atoms with Crippen LogP contribution in [0.25, 0.3) is 17.0 Å². The maximum absolute atomic E-state index is 13.1. The van der Waals surface area contributed by atoms with Crippen molar-refractivity contribution in [3.05, 3.63) is 60.2 Å². The summed E-state index contributed by atoms with van der Waals surface area (Å²) in [6.45, 7) is 0.258. The van der Waals surface area contributed by atoms with Gasteiger partial charge in [0.05, 0.1) is 5.69 Å². The van der Waals surface area contributed by atoms with Crippen LogP contribution in [0.4, 0.5) is 19.0 Å². The summed E-state index contributed by atoms with van der Waals surface area (Å²) >= 11 is 0. The summed E-state index contributed by atoms with van der Waals surface area (Å²) in [6, 6.07) is 10.5. The van der Waals surface area contributed by atoms with Crippen molar-refractivity contribution in [2.24, 2.45) is 7.05 Å². The molecule has 10 heteroatoms. The van der Waals surface area contributed by atoms with E-state index in [9.17, 15) is 13.2 Å². The maximum atomic E-state index is 13.1. The van der Waals surface area contributed by atoms with Gasteiger partial charge in [-0.05, 0) is 0 Å². The Morgan fingerprint density at radius 1 is 1.15 bits per heavy atom. The smallest absolute Gasteiger partial charge is 0.366 e. The van der Waals surface area contributed by atoms with E-state index in [0.717, 1.165) is 29.2 Å². The molecule has 0 unspecified atom stereocenters. The first-order valence-corrected chi connectivity index (χ1v) is 8.01. The highest BCUT2D eigenvalue weighted by Crippen LogP contribution is 2.30. The van der Waals surface area contributed by atoms with Gasteiger partial charge in [-0.3, -0.25) is 4.68 Å². The Kier molecular flexibility index (Phi) is 4.02. The first kappa shape index (κ1) is 17.0. The largest absolute Gasteiger partial charge is 0.433 e. The molecule has 4 aromatic rings. The lowest BCUT2D eigenvalue weighted by molar-refractivity contribution is -0.141.